The van der Waals surface area contributed by atoms with Gasteiger partial charge in [0.25, 0.3) is 0 Å². The van der Waals surface area contributed by atoms with E-state index in [9.17, 15) is 5.11 Å². The van der Waals surface area contributed by atoms with Crippen LogP contribution in [0, 0.1) is 5.92 Å². The van der Waals surface area contributed by atoms with Crippen molar-refractivity contribution in [2.75, 3.05) is 13.7 Å². The van der Waals surface area contributed by atoms with Crippen LogP contribution in [0.4, 0.5) is 0 Å². The SMILES string of the molecule is COc1cc2c(cc1O)[C@]13CCCC[C@@H]1[C@H](C2)NCC3. The van der Waals surface area contributed by atoms with Crippen molar-refractivity contribution >= 4 is 0 Å². The van der Waals surface area contributed by atoms with Crippen molar-refractivity contribution in [1.82, 2.24) is 5.32 Å². The summed E-state index contributed by atoms with van der Waals surface area (Å²) in [4.78, 5) is 0. The quantitative estimate of drug-likeness (QED) is 0.826. The number of fused-ring (bicyclic) bond motifs is 1. The molecule has 0 radical (unpaired) electrons. The minimum absolute atomic E-state index is 0.307. The van der Waals surface area contributed by atoms with Crippen molar-refractivity contribution in [2.24, 2.45) is 5.92 Å². The van der Waals surface area contributed by atoms with E-state index in [1.54, 1.807) is 7.11 Å². The standard InChI is InChI=1S/C17H23NO2/c1-20-16-9-11-8-14-12-4-2-3-5-17(12,6-7-18-14)13(11)10-15(16)19/h9-10,12,14,18-19H,2-8H2,1H3/t12-,14+,17+/m1/s1. The smallest absolute Gasteiger partial charge is 0.160 e. The molecule has 2 fully saturated rings. The van der Waals surface area contributed by atoms with Crippen LogP contribution in [0.3, 0.4) is 0 Å². The number of nitrogens with one attached hydrogen (secondary N) is 1. The fourth-order valence-electron chi connectivity index (χ4n) is 5.11. The summed E-state index contributed by atoms with van der Waals surface area (Å²) in [5, 5.41) is 13.9. The van der Waals surface area contributed by atoms with Gasteiger partial charge in [0.1, 0.15) is 0 Å². The lowest BCUT2D eigenvalue weighted by Crippen LogP contribution is -2.59. The number of benzene rings is 1. The topological polar surface area (TPSA) is 41.5 Å². The summed E-state index contributed by atoms with van der Waals surface area (Å²) in [5.41, 5.74) is 3.11. The Bertz CT molecular complexity index is 538. The third-order valence-electron chi connectivity index (χ3n) is 5.94. The van der Waals surface area contributed by atoms with Crippen molar-refractivity contribution < 1.29 is 9.84 Å². The van der Waals surface area contributed by atoms with Gasteiger partial charge in [0.15, 0.2) is 11.5 Å². The lowest BCUT2D eigenvalue weighted by atomic mass is 9.53. The van der Waals surface area contributed by atoms with Crippen molar-refractivity contribution in [3.63, 3.8) is 0 Å². The zero-order valence-electron chi connectivity index (χ0n) is 12.1. The molecule has 1 saturated carbocycles. The van der Waals surface area contributed by atoms with Crippen LogP contribution >= 0.6 is 0 Å². The van der Waals surface area contributed by atoms with Gasteiger partial charge in [-0.2, -0.15) is 0 Å². The summed E-state index contributed by atoms with van der Waals surface area (Å²) >= 11 is 0. The van der Waals surface area contributed by atoms with Crippen molar-refractivity contribution in [2.45, 2.75) is 50.0 Å². The molecule has 4 rings (SSSR count). The fourth-order valence-corrected chi connectivity index (χ4v) is 5.11. The van der Waals surface area contributed by atoms with Crippen LogP contribution in [0.2, 0.25) is 0 Å². The van der Waals surface area contributed by atoms with Crippen LogP contribution in [-0.4, -0.2) is 24.8 Å². The van der Waals surface area contributed by atoms with Gasteiger partial charge >= 0.3 is 0 Å². The van der Waals surface area contributed by atoms with Crippen LogP contribution in [0.25, 0.3) is 0 Å². The highest BCUT2D eigenvalue weighted by Gasteiger charge is 2.51. The number of piperidine rings is 1. The van der Waals surface area contributed by atoms with Crippen LogP contribution < -0.4 is 10.1 Å². The van der Waals surface area contributed by atoms with Crippen molar-refractivity contribution in [3.8, 4) is 11.5 Å². The summed E-state index contributed by atoms with van der Waals surface area (Å²) in [6.07, 6.45) is 7.61. The first kappa shape index (κ1) is 12.5. The molecule has 1 saturated heterocycles. The molecule has 0 amide bonds. The molecule has 0 aromatic heterocycles. The van der Waals surface area contributed by atoms with Gasteiger partial charge in [0.05, 0.1) is 7.11 Å². The molecule has 3 atom stereocenters. The Labute approximate surface area is 120 Å². The van der Waals surface area contributed by atoms with E-state index in [0.717, 1.165) is 18.9 Å². The third kappa shape index (κ3) is 1.56. The zero-order chi connectivity index (χ0) is 13.7. The minimum Gasteiger partial charge on any atom is -0.504 e. The lowest BCUT2D eigenvalue weighted by molar-refractivity contribution is 0.0793. The van der Waals surface area contributed by atoms with Gasteiger partial charge in [-0.25, -0.2) is 0 Å². The average molecular weight is 273 g/mol. The predicted molar refractivity (Wildman–Crippen MR) is 78.4 cm³/mol. The van der Waals surface area contributed by atoms with E-state index >= 15 is 0 Å². The molecule has 1 aromatic carbocycles. The van der Waals surface area contributed by atoms with Gasteiger partial charge in [-0.15, -0.1) is 0 Å². The molecule has 2 aliphatic carbocycles. The highest BCUT2D eigenvalue weighted by atomic mass is 16.5. The molecule has 2 N–H and O–H groups in total. The summed E-state index contributed by atoms with van der Waals surface area (Å²) < 4.78 is 5.30. The zero-order valence-corrected chi connectivity index (χ0v) is 12.1. The largest absolute Gasteiger partial charge is 0.504 e. The van der Waals surface area contributed by atoms with Crippen LogP contribution in [-0.2, 0) is 11.8 Å². The van der Waals surface area contributed by atoms with E-state index < -0.39 is 0 Å². The number of methoxy groups -OCH3 is 1. The van der Waals surface area contributed by atoms with Gasteiger partial charge in [0, 0.05) is 11.5 Å². The molecular formula is C17H23NO2. The van der Waals surface area contributed by atoms with E-state index in [-0.39, 0.29) is 0 Å². The average Bonchev–Trinajstić information content (AvgIpc) is 2.48. The van der Waals surface area contributed by atoms with E-state index in [1.165, 1.54) is 43.2 Å². The van der Waals surface area contributed by atoms with E-state index in [0.29, 0.717) is 23.0 Å². The third-order valence-corrected chi connectivity index (χ3v) is 5.94. The van der Waals surface area contributed by atoms with E-state index in [1.807, 2.05) is 6.07 Å². The minimum atomic E-state index is 0.307. The fraction of sp³-hybridized carbons (Fsp3) is 0.647. The van der Waals surface area contributed by atoms with Gasteiger partial charge in [-0.3, -0.25) is 0 Å². The number of phenols is 1. The first-order valence-corrected chi connectivity index (χ1v) is 7.88. The van der Waals surface area contributed by atoms with Gasteiger partial charge in [0.2, 0.25) is 0 Å². The molecule has 2 bridgehead atoms. The highest BCUT2D eigenvalue weighted by molar-refractivity contribution is 5.52. The molecule has 3 nitrogen and oxygen atoms in total. The van der Waals surface area contributed by atoms with Gasteiger partial charge in [-0.05, 0) is 61.4 Å². The van der Waals surface area contributed by atoms with E-state index in [4.69, 9.17) is 4.74 Å². The Morgan fingerprint density at radius 1 is 1.30 bits per heavy atom. The molecule has 1 aliphatic heterocycles. The normalized spacial score (nSPS) is 35.0. The van der Waals surface area contributed by atoms with Crippen LogP contribution in [0.15, 0.2) is 12.1 Å². The lowest BCUT2D eigenvalue weighted by Gasteiger charge is -2.56. The second-order valence-electron chi connectivity index (χ2n) is 6.70. The van der Waals surface area contributed by atoms with Crippen molar-refractivity contribution in [3.05, 3.63) is 23.3 Å². The molecule has 20 heavy (non-hydrogen) atoms. The Kier molecular flexibility index (Phi) is 2.75. The maximum absolute atomic E-state index is 10.2. The van der Waals surface area contributed by atoms with Crippen LogP contribution in [0.5, 0.6) is 11.5 Å². The Morgan fingerprint density at radius 2 is 2.20 bits per heavy atom. The Hall–Kier alpha value is -1.22. The second-order valence-corrected chi connectivity index (χ2v) is 6.70. The maximum Gasteiger partial charge on any atom is 0.160 e. The molecule has 1 aromatic rings. The first-order chi connectivity index (χ1) is 9.74. The van der Waals surface area contributed by atoms with Gasteiger partial charge < -0.3 is 15.2 Å². The summed E-state index contributed by atoms with van der Waals surface area (Å²) in [7, 11) is 1.63. The monoisotopic (exact) mass is 273 g/mol. The maximum atomic E-state index is 10.2. The molecule has 1 heterocycles. The summed E-state index contributed by atoms with van der Waals surface area (Å²) in [5.74, 6) is 1.68. The number of hydrogen-bond donors (Lipinski definition) is 2. The molecule has 0 unspecified atom stereocenters. The Balaban J connectivity index is 1.89. The number of ether oxygens (including phenoxy) is 1. The Morgan fingerprint density at radius 3 is 3.05 bits per heavy atom. The highest BCUT2D eigenvalue weighted by Crippen LogP contribution is 2.55. The molecular weight excluding hydrogens is 250 g/mol. The summed E-state index contributed by atoms with van der Waals surface area (Å²) in [6.45, 7) is 1.12. The molecule has 3 aliphatic rings. The second kappa shape index (κ2) is 4.39. The van der Waals surface area contributed by atoms with E-state index in [2.05, 4.69) is 11.4 Å². The molecule has 3 heteroatoms. The number of hydrogen-bond acceptors (Lipinski definition) is 3. The molecule has 0 spiro atoms. The predicted octanol–water partition coefficient (Wildman–Crippen LogP) is 2.75. The van der Waals surface area contributed by atoms with Gasteiger partial charge in [-0.1, -0.05) is 12.8 Å². The summed E-state index contributed by atoms with van der Waals surface area (Å²) in [6, 6.07) is 4.69. The number of aromatic hydroxyl groups is 1. The molecule has 108 valence electrons. The first-order valence-electron chi connectivity index (χ1n) is 7.88. The number of rotatable bonds is 1. The number of phenolic OH excluding ortho intramolecular Hbond substituents is 1. The van der Waals surface area contributed by atoms with Crippen molar-refractivity contribution in [1.29, 1.82) is 0 Å². The van der Waals surface area contributed by atoms with Crippen LogP contribution in [0.1, 0.15) is 43.2 Å².